The highest BCUT2D eigenvalue weighted by atomic mass is 16.4. The highest BCUT2D eigenvalue weighted by Crippen LogP contribution is 2.40. The summed E-state index contributed by atoms with van der Waals surface area (Å²) < 4.78 is 12.4. The SMILES string of the molecule is O=c1oc2c(-c3cc(-c4ccccc4)cc(C4C=CC=CC4)c3)cccc2c2ccc(-c3cccc4oc5ccccc5c34)cc12. The predicted octanol–water partition coefficient (Wildman–Crippen LogP) is 11.4. The molecule has 8 aromatic rings. The lowest BCUT2D eigenvalue weighted by molar-refractivity contribution is 0.570. The highest BCUT2D eigenvalue weighted by molar-refractivity contribution is 6.14. The Balaban J connectivity index is 1.23. The maximum absolute atomic E-state index is 13.8. The summed E-state index contributed by atoms with van der Waals surface area (Å²) in [7, 11) is 0. The molecule has 0 N–H and O–H groups in total. The average Bonchev–Trinajstić information content (AvgIpc) is 3.51. The average molecular weight is 593 g/mol. The minimum Gasteiger partial charge on any atom is -0.456 e. The van der Waals surface area contributed by atoms with E-state index in [-0.39, 0.29) is 11.5 Å². The number of furan rings is 1. The van der Waals surface area contributed by atoms with Gasteiger partial charge in [0, 0.05) is 27.6 Å². The van der Waals surface area contributed by atoms with Gasteiger partial charge in [0.1, 0.15) is 16.7 Å². The van der Waals surface area contributed by atoms with E-state index in [1.54, 1.807) is 0 Å². The zero-order chi connectivity index (χ0) is 30.6. The van der Waals surface area contributed by atoms with Crippen LogP contribution in [-0.2, 0) is 0 Å². The van der Waals surface area contributed by atoms with Gasteiger partial charge in [0.05, 0.1) is 5.39 Å². The van der Waals surface area contributed by atoms with Crippen LogP contribution in [0, 0.1) is 0 Å². The molecule has 46 heavy (non-hydrogen) atoms. The molecular weight excluding hydrogens is 564 g/mol. The highest BCUT2D eigenvalue weighted by Gasteiger charge is 2.18. The predicted molar refractivity (Wildman–Crippen MR) is 189 cm³/mol. The fraction of sp³-hybridized carbons (Fsp3) is 0.0465. The van der Waals surface area contributed by atoms with Gasteiger partial charge in [-0.3, -0.25) is 0 Å². The summed E-state index contributed by atoms with van der Waals surface area (Å²) in [5.74, 6) is 0.283. The Bertz CT molecular complexity index is 2580. The monoisotopic (exact) mass is 592 g/mol. The molecule has 3 nitrogen and oxygen atoms in total. The first kappa shape index (κ1) is 26.5. The third-order valence-electron chi connectivity index (χ3n) is 9.24. The van der Waals surface area contributed by atoms with Crippen molar-refractivity contribution in [3.8, 4) is 33.4 Å². The zero-order valence-corrected chi connectivity index (χ0v) is 24.9. The summed E-state index contributed by atoms with van der Waals surface area (Å²) in [6, 6.07) is 43.6. The first-order chi connectivity index (χ1) is 22.7. The molecule has 0 saturated heterocycles. The number of benzene rings is 6. The van der Waals surface area contributed by atoms with Crippen molar-refractivity contribution in [2.45, 2.75) is 12.3 Å². The van der Waals surface area contributed by atoms with E-state index in [0.29, 0.717) is 11.0 Å². The Morgan fingerprint density at radius 2 is 1.30 bits per heavy atom. The van der Waals surface area contributed by atoms with Crippen LogP contribution in [0.4, 0.5) is 0 Å². The zero-order valence-electron chi connectivity index (χ0n) is 24.9. The van der Waals surface area contributed by atoms with Crippen LogP contribution in [0.3, 0.4) is 0 Å². The van der Waals surface area contributed by atoms with E-state index < -0.39 is 0 Å². The molecular formula is C43H28O3. The minimum atomic E-state index is -0.346. The summed E-state index contributed by atoms with van der Waals surface area (Å²) >= 11 is 0. The number of hydrogen-bond donors (Lipinski definition) is 0. The molecule has 2 aromatic heterocycles. The maximum Gasteiger partial charge on any atom is 0.344 e. The van der Waals surface area contributed by atoms with E-state index >= 15 is 0 Å². The Morgan fingerprint density at radius 3 is 2.20 bits per heavy atom. The number of rotatable bonds is 4. The molecule has 1 aliphatic rings. The van der Waals surface area contributed by atoms with Crippen molar-refractivity contribution in [1.29, 1.82) is 0 Å². The number of para-hydroxylation sites is 2. The van der Waals surface area contributed by atoms with Crippen LogP contribution >= 0.6 is 0 Å². The molecule has 0 spiro atoms. The minimum absolute atomic E-state index is 0.283. The third-order valence-corrected chi connectivity index (χ3v) is 9.24. The first-order valence-corrected chi connectivity index (χ1v) is 15.7. The van der Waals surface area contributed by atoms with Crippen LogP contribution in [0.1, 0.15) is 17.9 Å². The van der Waals surface area contributed by atoms with Crippen molar-refractivity contribution in [1.82, 2.24) is 0 Å². The number of fused-ring (bicyclic) bond motifs is 6. The van der Waals surface area contributed by atoms with E-state index in [1.165, 1.54) is 5.56 Å². The van der Waals surface area contributed by atoms with Gasteiger partial charge in [-0.05, 0) is 69.5 Å². The van der Waals surface area contributed by atoms with Crippen LogP contribution in [0.25, 0.3) is 77.1 Å². The van der Waals surface area contributed by atoms with Crippen molar-refractivity contribution < 1.29 is 8.83 Å². The molecule has 0 aliphatic heterocycles. The van der Waals surface area contributed by atoms with Gasteiger partial charge in [-0.2, -0.15) is 0 Å². The Labute approximate surface area is 265 Å². The van der Waals surface area contributed by atoms with Crippen LogP contribution < -0.4 is 5.63 Å². The van der Waals surface area contributed by atoms with Gasteiger partial charge in [0.25, 0.3) is 0 Å². The summed E-state index contributed by atoms with van der Waals surface area (Å²) in [5.41, 5.74) is 9.37. The standard InChI is InChI=1S/C43H28O3/c44-43-38-26-29(33-16-10-20-40-41(33)37-15-7-8-19-39(37)45-40)21-22-35(38)36-18-9-17-34(42(36)46-43)32-24-30(27-11-3-1-4-12-27)23-31(25-32)28-13-5-2-6-14-28/h1-13,15-26,28H,14H2. The van der Waals surface area contributed by atoms with Crippen molar-refractivity contribution in [3.63, 3.8) is 0 Å². The second-order valence-electron chi connectivity index (χ2n) is 12.0. The summed E-state index contributed by atoms with van der Waals surface area (Å²) in [5, 5.41) is 4.45. The quantitative estimate of drug-likeness (QED) is 0.151. The van der Waals surface area contributed by atoms with E-state index in [0.717, 1.165) is 72.5 Å². The Hall–Kier alpha value is -5.93. The van der Waals surface area contributed by atoms with E-state index in [4.69, 9.17) is 8.83 Å². The molecule has 1 unspecified atom stereocenters. The second-order valence-corrected chi connectivity index (χ2v) is 12.0. The lowest BCUT2D eigenvalue weighted by Gasteiger charge is -2.18. The molecule has 0 bridgehead atoms. The van der Waals surface area contributed by atoms with Crippen LogP contribution in [0.5, 0.6) is 0 Å². The van der Waals surface area contributed by atoms with Crippen molar-refractivity contribution in [3.05, 3.63) is 168 Å². The normalized spacial score (nSPS) is 14.6. The van der Waals surface area contributed by atoms with Crippen LogP contribution in [0.15, 0.2) is 165 Å². The van der Waals surface area contributed by atoms with E-state index in [9.17, 15) is 4.79 Å². The summed E-state index contributed by atoms with van der Waals surface area (Å²) in [6.45, 7) is 0. The number of allylic oxidation sites excluding steroid dienone is 4. The number of hydrogen-bond acceptors (Lipinski definition) is 3. The summed E-state index contributed by atoms with van der Waals surface area (Å²) in [4.78, 5) is 13.8. The van der Waals surface area contributed by atoms with Crippen LogP contribution in [-0.4, -0.2) is 0 Å². The van der Waals surface area contributed by atoms with Crippen LogP contribution in [0.2, 0.25) is 0 Å². The molecule has 6 aromatic carbocycles. The van der Waals surface area contributed by atoms with Gasteiger partial charge >= 0.3 is 5.63 Å². The summed E-state index contributed by atoms with van der Waals surface area (Å²) in [6.07, 6.45) is 9.65. The molecule has 0 radical (unpaired) electrons. The van der Waals surface area contributed by atoms with Gasteiger partial charge in [-0.1, -0.05) is 127 Å². The van der Waals surface area contributed by atoms with Gasteiger partial charge in [-0.15, -0.1) is 0 Å². The molecule has 0 fully saturated rings. The second kappa shape index (κ2) is 10.6. The third kappa shape index (κ3) is 4.32. The fourth-order valence-electron chi connectivity index (χ4n) is 7.01. The first-order valence-electron chi connectivity index (χ1n) is 15.7. The van der Waals surface area contributed by atoms with Gasteiger partial charge in [0.15, 0.2) is 0 Å². The Kier molecular flexibility index (Phi) is 6.10. The van der Waals surface area contributed by atoms with Crippen molar-refractivity contribution in [2.24, 2.45) is 0 Å². The maximum atomic E-state index is 13.8. The molecule has 1 aliphatic carbocycles. The lowest BCUT2D eigenvalue weighted by atomic mass is 9.87. The molecule has 1 atom stereocenters. The topological polar surface area (TPSA) is 43.4 Å². The largest absolute Gasteiger partial charge is 0.456 e. The smallest absolute Gasteiger partial charge is 0.344 e. The fourth-order valence-corrected chi connectivity index (χ4v) is 7.01. The van der Waals surface area contributed by atoms with Gasteiger partial charge in [-0.25, -0.2) is 4.79 Å². The lowest BCUT2D eigenvalue weighted by Crippen LogP contribution is -2.01. The van der Waals surface area contributed by atoms with Crippen molar-refractivity contribution >= 4 is 43.7 Å². The van der Waals surface area contributed by atoms with Gasteiger partial charge in [0.2, 0.25) is 0 Å². The van der Waals surface area contributed by atoms with Gasteiger partial charge < -0.3 is 8.83 Å². The van der Waals surface area contributed by atoms with E-state index in [2.05, 4.69) is 103 Å². The van der Waals surface area contributed by atoms with Crippen molar-refractivity contribution in [2.75, 3.05) is 0 Å². The molecule has 2 heterocycles. The molecule has 218 valence electrons. The molecule has 3 heteroatoms. The van der Waals surface area contributed by atoms with E-state index in [1.807, 2.05) is 48.5 Å². The Morgan fingerprint density at radius 1 is 0.522 bits per heavy atom. The molecule has 0 saturated carbocycles. The molecule has 0 amide bonds. The molecule has 9 rings (SSSR count).